The number of hydrogen-bond donors (Lipinski definition) is 1. The molecule has 0 aliphatic carbocycles. The lowest BCUT2D eigenvalue weighted by molar-refractivity contribution is 0.384. The molecule has 0 bridgehead atoms. The Labute approximate surface area is 123 Å². The number of hydrogen-bond acceptors (Lipinski definition) is 5. The van der Waals surface area contributed by atoms with Crippen LogP contribution in [-0.2, 0) is 6.42 Å². The summed E-state index contributed by atoms with van der Waals surface area (Å²) < 4.78 is 5.75. The van der Waals surface area contributed by atoms with Crippen molar-refractivity contribution in [3.8, 4) is 0 Å². The van der Waals surface area contributed by atoms with Crippen LogP contribution in [0.15, 0.2) is 34.7 Å². The highest BCUT2D eigenvalue weighted by atomic mass is 32.2. The zero-order valence-corrected chi connectivity index (χ0v) is 12.2. The van der Waals surface area contributed by atoms with Crippen LogP contribution in [0.5, 0.6) is 0 Å². The lowest BCUT2D eigenvalue weighted by Gasteiger charge is -2.19. The summed E-state index contributed by atoms with van der Waals surface area (Å²) >= 11 is 2.03. The van der Waals surface area contributed by atoms with E-state index in [4.69, 9.17) is 10.2 Å². The highest BCUT2D eigenvalue weighted by Crippen LogP contribution is 2.26. The van der Waals surface area contributed by atoms with Crippen LogP contribution in [0.25, 0.3) is 0 Å². The highest BCUT2D eigenvalue weighted by molar-refractivity contribution is 7.99. The van der Waals surface area contributed by atoms with Crippen LogP contribution < -0.4 is 5.73 Å². The summed E-state index contributed by atoms with van der Waals surface area (Å²) in [6.07, 6.45) is 3.37. The van der Waals surface area contributed by atoms with Crippen molar-refractivity contribution in [2.24, 2.45) is 11.7 Å². The van der Waals surface area contributed by atoms with Crippen molar-refractivity contribution in [2.75, 3.05) is 11.5 Å². The predicted molar refractivity (Wildman–Crippen MR) is 80.5 cm³/mol. The Hall–Kier alpha value is -1.33. The smallest absolute Gasteiger partial charge is 0.237 e. The fourth-order valence-corrected chi connectivity index (χ4v) is 3.68. The molecule has 1 aromatic heterocycles. The van der Waals surface area contributed by atoms with Gasteiger partial charge >= 0.3 is 0 Å². The second-order valence-corrected chi connectivity index (χ2v) is 6.41. The fraction of sp³-hybridized carbons (Fsp3) is 0.467. The van der Waals surface area contributed by atoms with Gasteiger partial charge in [0.15, 0.2) is 0 Å². The topological polar surface area (TPSA) is 64.9 Å². The Morgan fingerprint density at radius 1 is 1.20 bits per heavy atom. The van der Waals surface area contributed by atoms with E-state index in [1.165, 1.54) is 24.3 Å². The molecule has 1 aliphatic rings. The van der Waals surface area contributed by atoms with Crippen molar-refractivity contribution >= 4 is 11.8 Å². The third-order valence-electron chi connectivity index (χ3n) is 3.71. The number of thioether (sulfide) groups is 1. The molecule has 0 amide bonds. The molecule has 0 spiro atoms. The van der Waals surface area contributed by atoms with Crippen LogP contribution in [0.2, 0.25) is 0 Å². The summed E-state index contributed by atoms with van der Waals surface area (Å²) in [7, 11) is 0. The van der Waals surface area contributed by atoms with E-state index in [0.717, 1.165) is 17.9 Å². The Morgan fingerprint density at radius 3 is 2.70 bits per heavy atom. The first-order valence-electron chi connectivity index (χ1n) is 7.03. The van der Waals surface area contributed by atoms with Gasteiger partial charge in [-0.25, -0.2) is 0 Å². The minimum absolute atomic E-state index is 0.334. The summed E-state index contributed by atoms with van der Waals surface area (Å²) in [5.41, 5.74) is 7.16. The zero-order valence-electron chi connectivity index (χ0n) is 11.4. The SMILES string of the molecule is NC(c1ccccc1)c1nnc(CC2CCSCC2)o1. The van der Waals surface area contributed by atoms with Crippen molar-refractivity contribution in [1.82, 2.24) is 10.2 Å². The standard InChI is InChI=1S/C15H19N3OS/c16-14(12-4-2-1-3-5-12)15-18-17-13(19-15)10-11-6-8-20-9-7-11/h1-5,11,14H,6-10,16H2. The van der Waals surface area contributed by atoms with Gasteiger partial charge in [0.2, 0.25) is 11.8 Å². The van der Waals surface area contributed by atoms with Gasteiger partial charge in [0.1, 0.15) is 6.04 Å². The van der Waals surface area contributed by atoms with E-state index in [-0.39, 0.29) is 6.04 Å². The normalized spacial score (nSPS) is 18.1. The van der Waals surface area contributed by atoms with Gasteiger partial charge in [0.05, 0.1) is 0 Å². The van der Waals surface area contributed by atoms with Crippen LogP contribution >= 0.6 is 11.8 Å². The molecular formula is C15H19N3OS. The molecule has 4 nitrogen and oxygen atoms in total. The second-order valence-electron chi connectivity index (χ2n) is 5.18. The molecule has 0 radical (unpaired) electrons. The fourth-order valence-electron chi connectivity index (χ4n) is 2.48. The number of rotatable bonds is 4. The number of aromatic nitrogens is 2. The van der Waals surface area contributed by atoms with Crippen molar-refractivity contribution in [1.29, 1.82) is 0 Å². The van der Waals surface area contributed by atoms with Crippen molar-refractivity contribution < 1.29 is 4.42 Å². The first kappa shape index (κ1) is 13.6. The van der Waals surface area contributed by atoms with E-state index >= 15 is 0 Å². The summed E-state index contributed by atoms with van der Waals surface area (Å²) in [4.78, 5) is 0. The third kappa shape index (κ3) is 3.22. The third-order valence-corrected chi connectivity index (χ3v) is 4.76. The maximum Gasteiger partial charge on any atom is 0.237 e. The Balaban J connectivity index is 1.67. The van der Waals surface area contributed by atoms with Crippen LogP contribution in [0.1, 0.15) is 36.2 Å². The molecule has 1 atom stereocenters. The molecule has 1 fully saturated rings. The molecule has 0 saturated carbocycles. The molecule has 3 rings (SSSR count). The van der Waals surface area contributed by atoms with Gasteiger partial charge in [-0.3, -0.25) is 0 Å². The first-order valence-corrected chi connectivity index (χ1v) is 8.19. The monoisotopic (exact) mass is 289 g/mol. The molecule has 1 aliphatic heterocycles. The van der Waals surface area contributed by atoms with Gasteiger partial charge in [-0.15, -0.1) is 10.2 Å². The van der Waals surface area contributed by atoms with E-state index in [1.54, 1.807) is 0 Å². The van der Waals surface area contributed by atoms with Crippen molar-refractivity contribution in [3.63, 3.8) is 0 Å². The maximum absolute atomic E-state index is 6.16. The van der Waals surface area contributed by atoms with Crippen molar-refractivity contribution in [2.45, 2.75) is 25.3 Å². The van der Waals surface area contributed by atoms with Crippen LogP contribution in [-0.4, -0.2) is 21.7 Å². The lowest BCUT2D eigenvalue weighted by Crippen LogP contribution is -2.12. The van der Waals surface area contributed by atoms with Gasteiger partial charge in [0, 0.05) is 6.42 Å². The molecular weight excluding hydrogens is 270 g/mol. The molecule has 106 valence electrons. The molecule has 1 unspecified atom stereocenters. The predicted octanol–water partition coefficient (Wildman–Crippen LogP) is 2.80. The zero-order chi connectivity index (χ0) is 13.8. The number of nitrogens with zero attached hydrogens (tertiary/aromatic N) is 2. The molecule has 1 aromatic carbocycles. The van der Waals surface area contributed by atoms with Gasteiger partial charge in [0.25, 0.3) is 0 Å². The summed E-state index contributed by atoms with van der Waals surface area (Å²) in [6, 6.07) is 9.52. The maximum atomic E-state index is 6.16. The Morgan fingerprint density at radius 2 is 1.95 bits per heavy atom. The minimum Gasteiger partial charge on any atom is -0.423 e. The molecule has 20 heavy (non-hydrogen) atoms. The lowest BCUT2D eigenvalue weighted by atomic mass is 9.99. The quantitative estimate of drug-likeness (QED) is 0.937. The number of benzene rings is 1. The average Bonchev–Trinajstić information content (AvgIpc) is 2.97. The van der Waals surface area contributed by atoms with Gasteiger partial charge in [-0.2, -0.15) is 11.8 Å². The molecule has 2 N–H and O–H groups in total. The Bertz CT molecular complexity index is 537. The highest BCUT2D eigenvalue weighted by Gasteiger charge is 2.20. The van der Waals surface area contributed by atoms with Gasteiger partial charge < -0.3 is 10.2 Å². The average molecular weight is 289 g/mol. The van der Waals surface area contributed by atoms with E-state index in [2.05, 4.69) is 10.2 Å². The van der Waals surface area contributed by atoms with E-state index < -0.39 is 0 Å². The van der Waals surface area contributed by atoms with Crippen LogP contribution in [0.4, 0.5) is 0 Å². The first-order chi connectivity index (χ1) is 9.83. The second kappa shape index (κ2) is 6.41. The summed E-state index contributed by atoms with van der Waals surface area (Å²) in [5, 5.41) is 8.26. The molecule has 2 heterocycles. The molecule has 5 heteroatoms. The van der Waals surface area contributed by atoms with Gasteiger partial charge in [-0.1, -0.05) is 30.3 Å². The number of nitrogens with two attached hydrogens (primary N) is 1. The minimum atomic E-state index is -0.334. The summed E-state index contributed by atoms with van der Waals surface area (Å²) in [6.45, 7) is 0. The van der Waals surface area contributed by atoms with Crippen LogP contribution in [0, 0.1) is 5.92 Å². The molecule has 1 saturated heterocycles. The van der Waals surface area contributed by atoms with E-state index in [0.29, 0.717) is 11.8 Å². The van der Waals surface area contributed by atoms with Crippen LogP contribution in [0.3, 0.4) is 0 Å². The van der Waals surface area contributed by atoms with E-state index in [9.17, 15) is 0 Å². The largest absolute Gasteiger partial charge is 0.423 e. The summed E-state index contributed by atoms with van der Waals surface area (Å²) in [5.74, 6) is 4.40. The Kier molecular flexibility index (Phi) is 4.38. The van der Waals surface area contributed by atoms with Crippen molar-refractivity contribution in [3.05, 3.63) is 47.7 Å². The van der Waals surface area contributed by atoms with Gasteiger partial charge in [-0.05, 0) is 35.8 Å². The molecule has 2 aromatic rings. The van der Waals surface area contributed by atoms with E-state index in [1.807, 2.05) is 42.1 Å².